The molecule has 0 radical (unpaired) electrons. The molecular formula is C29H30F2N6O4S. The minimum Gasteiger partial charge on any atom is -0.356 e. The molecule has 2 fully saturated rings. The van der Waals surface area contributed by atoms with Crippen LogP contribution >= 0.6 is 0 Å². The lowest BCUT2D eigenvalue weighted by atomic mass is 10.0. The van der Waals surface area contributed by atoms with E-state index in [9.17, 15) is 17.6 Å². The van der Waals surface area contributed by atoms with Crippen molar-refractivity contribution in [3.63, 3.8) is 0 Å². The van der Waals surface area contributed by atoms with Gasteiger partial charge in [-0.05, 0) is 63.6 Å². The van der Waals surface area contributed by atoms with Crippen LogP contribution in [0.5, 0.6) is 0 Å². The fourth-order valence-corrected chi connectivity index (χ4v) is 6.32. The molecule has 6 rings (SSSR count). The maximum absolute atomic E-state index is 15.6. The van der Waals surface area contributed by atoms with E-state index in [0.717, 1.165) is 54.9 Å². The number of ketones is 1. The van der Waals surface area contributed by atoms with Gasteiger partial charge < -0.3 is 4.74 Å². The lowest BCUT2D eigenvalue weighted by molar-refractivity contribution is -0.0371. The Morgan fingerprint density at radius 1 is 1.14 bits per heavy atom. The van der Waals surface area contributed by atoms with Crippen LogP contribution in [0.1, 0.15) is 85.2 Å². The summed E-state index contributed by atoms with van der Waals surface area (Å²) in [5.74, 6) is -2.44. The second-order valence-electron chi connectivity index (χ2n) is 10.7. The van der Waals surface area contributed by atoms with Crippen molar-refractivity contribution < 1.29 is 26.7 Å². The van der Waals surface area contributed by atoms with Crippen molar-refractivity contribution in [2.45, 2.75) is 64.5 Å². The van der Waals surface area contributed by atoms with Gasteiger partial charge in [-0.15, -0.1) is 0 Å². The normalized spacial score (nSPS) is 17.5. The summed E-state index contributed by atoms with van der Waals surface area (Å²) in [4.78, 5) is 27.7. The van der Waals surface area contributed by atoms with Gasteiger partial charge >= 0.3 is 0 Å². The Labute approximate surface area is 241 Å². The highest BCUT2D eigenvalue weighted by molar-refractivity contribution is 7.92. The Morgan fingerprint density at radius 2 is 1.95 bits per heavy atom. The molecule has 42 heavy (non-hydrogen) atoms. The van der Waals surface area contributed by atoms with E-state index in [1.54, 1.807) is 25.4 Å². The molecule has 10 nitrogen and oxygen atoms in total. The Morgan fingerprint density at radius 3 is 2.64 bits per heavy atom. The van der Waals surface area contributed by atoms with Gasteiger partial charge in [0, 0.05) is 41.7 Å². The van der Waals surface area contributed by atoms with E-state index in [1.807, 2.05) is 11.6 Å². The molecule has 4 aromatic rings. The van der Waals surface area contributed by atoms with Gasteiger partial charge in [0.15, 0.2) is 17.7 Å². The average molecular weight is 597 g/mol. The third-order valence-corrected chi connectivity index (χ3v) is 8.97. The van der Waals surface area contributed by atoms with E-state index >= 15 is 4.39 Å². The molecule has 1 saturated heterocycles. The number of benzene rings is 1. The third-order valence-electron chi connectivity index (χ3n) is 7.51. The number of hydrogen-bond acceptors (Lipinski definition) is 8. The number of hydrogen-bond donors (Lipinski definition) is 1. The van der Waals surface area contributed by atoms with Gasteiger partial charge in [-0.3, -0.25) is 9.52 Å². The number of anilines is 1. The molecule has 1 saturated carbocycles. The Balaban J connectivity index is 1.46. The number of fused-ring (bicyclic) bond motifs is 1. The van der Waals surface area contributed by atoms with E-state index in [4.69, 9.17) is 4.74 Å². The van der Waals surface area contributed by atoms with Gasteiger partial charge in [-0.1, -0.05) is 6.92 Å². The van der Waals surface area contributed by atoms with Crippen molar-refractivity contribution in [1.82, 2.24) is 24.7 Å². The lowest BCUT2D eigenvalue weighted by Gasteiger charge is -2.23. The number of aryl methyl sites for hydroxylation is 1. The van der Waals surface area contributed by atoms with Crippen LogP contribution in [-0.4, -0.2) is 51.3 Å². The molecular weight excluding hydrogens is 566 g/mol. The molecule has 1 aromatic carbocycles. The third kappa shape index (κ3) is 5.38. The first kappa shape index (κ1) is 28.3. The molecule has 0 bridgehead atoms. The minimum atomic E-state index is -4.03. The highest BCUT2D eigenvalue weighted by Gasteiger charge is 2.30. The molecule has 1 atom stereocenters. The van der Waals surface area contributed by atoms with Crippen LogP contribution in [0.3, 0.4) is 0 Å². The van der Waals surface area contributed by atoms with Crippen LogP contribution in [-0.2, 0) is 14.8 Å². The summed E-state index contributed by atoms with van der Waals surface area (Å²) in [5, 5.41) is 4.88. The van der Waals surface area contributed by atoms with E-state index in [1.165, 1.54) is 4.68 Å². The quantitative estimate of drug-likeness (QED) is 0.253. The average Bonchev–Trinajstić information content (AvgIpc) is 3.76. The van der Waals surface area contributed by atoms with Crippen molar-refractivity contribution in [3.05, 3.63) is 65.0 Å². The van der Waals surface area contributed by atoms with Crippen LogP contribution in [0.25, 0.3) is 22.2 Å². The largest absolute Gasteiger partial charge is 0.356 e. The fraction of sp³-hybridized carbons (Fsp3) is 0.414. The van der Waals surface area contributed by atoms with Gasteiger partial charge in [0.2, 0.25) is 15.8 Å². The SMILES string of the molecule is CCCS(=O)(=O)Nc1c(F)ccc(C(=O)c2nn(C3CCCCO3)c3ncc(-c4cnc(C5CC5)nc4C)cc23)c1F. The number of carbonyl (C=O) groups excluding carboxylic acids is 1. The first-order chi connectivity index (χ1) is 20.2. The lowest BCUT2D eigenvalue weighted by Crippen LogP contribution is -2.20. The first-order valence-corrected chi connectivity index (χ1v) is 15.7. The number of nitrogens with one attached hydrogen (secondary N) is 1. The number of halogens is 2. The van der Waals surface area contributed by atoms with Crippen LogP contribution in [0, 0.1) is 18.6 Å². The highest BCUT2D eigenvalue weighted by atomic mass is 32.2. The van der Waals surface area contributed by atoms with Gasteiger partial charge in [-0.2, -0.15) is 5.10 Å². The summed E-state index contributed by atoms with van der Waals surface area (Å²) in [6.07, 6.45) is 7.74. The van der Waals surface area contributed by atoms with E-state index in [2.05, 4.69) is 20.1 Å². The number of ether oxygens (including phenoxy) is 1. The van der Waals surface area contributed by atoms with Crippen LogP contribution in [0.2, 0.25) is 0 Å². The number of nitrogens with zero attached hydrogens (tertiary/aromatic N) is 5. The van der Waals surface area contributed by atoms with Crippen LogP contribution < -0.4 is 4.72 Å². The summed E-state index contributed by atoms with van der Waals surface area (Å²) in [5.41, 5.74) is 0.958. The standard InChI is InChI=1S/C29H30F2N6O4S/c1-3-12-42(39,40)36-26-22(30)10-9-19(24(26)31)27(38)25-20-13-18(21-15-32-28(17-7-8-17)34-16(21)2)14-33-29(20)37(35-25)23-6-4-5-11-41-23/h9-10,13-15,17,23,36H,3-8,11-12H2,1-2H3. The summed E-state index contributed by atoms with van der Waals surface area (Å²) in [6.45, 7) is 4.03. The maximum Gasteiger partial charge on any atom is 0.232 e. The summed E-state index contributed by atoms with van der Waals surface area (Å²) < 4.78 is 64.2. The second kappa shape index (κ2) is 11.1. The van der Waals surface area contributed by atoms with Crippen molar-refractivity contribution >= 4 is 32.5 Å². The Kier molecular flexibility index (Phi) is 7.48. The topological polar surface area (TPSA) is 129 Å². The summed E-state index contributed by atoms with van der Waals surface area (Å²) in [6, 6.07) is 3.57. The number of rotatable bonds is 9. The van der Waals surface area contributed by atoms with E-state index < -0.39 is 44.9 Å². The Bertz CT molecular complexity index is 1800. The van der Waals surface area contributed by atoms with E-state index in [-0.39, 0.29) is 17.9 Å². The molecule has 13 heteroatoms. The summed E-state index contributed by atoms with van der Waals surface area (Å²) in [7, 11) is -4.03. The van der Waals surface area contributed by atoms with Crippen molar-refractivity contribution in [2.75, 3.05) is 17.1 Å². The van der Waals surface area contributed by atoms with E-state index in [0.29, 0.717) is 35.5 Å². The molecule has 1 unspecified atom stereocenters. The molecule has 3 aromatic heterocycles. The first-order valence-electron chi connectivity index (χ1n) is 14.0. The van der Waals surface area contributed by atoms with Gasteiger partial charge in [0.25, 0.3) is 0 Å². The second-order valence-corrected chi connectivity index (χ2v) is 12.6. The van der Waals surface area contributed by atoms with Crippen molar-refractivity contribution in [3.8, 4) is 11.1 Å². The molecule has 1 aliphatic heterocycles. The van der Waals surface area contributed by atoms with Crippen LogP contribution in [0.4, 0.5) is 14.5 Å². The molecule has 0 amide bonds. The molecule has 1 N–H and O–H groups in total. The molecule has 0 spiro atoms. The van der Waals surface area contributed by atoms with Gasteiger partial charge in [-0.25, -0.2) is 36.8 Å². The minimum absolute atomic E-state index is 0.116. The zero-order valence-electron chi connectivity index (χ0n) is 23.2. The zero-order chi connectivity index (χ0) is 29.6. The molecule has 1 aliphatic carbocycles. The molecule has 2 aliphatic rings. The van der Waals surface area contributed by atoms with Crippen molar-refractivity contribution in [2.24, 2.45) is 0 Å². The van der Waals surface area contributed by atoms with Crippen molar-refractivity contribution in [1.29, 1.82) is 0 Å². The number of sulfonamides is 1. The summed E-state index contributed by atoms with van der Waals surface area (Å²) >= 11 is 0. The van der Waals surface area contributed by atoms with Gasteiger partial charge in [0.05, 0.1) is 16.7 Å². The molecule has 220 valence electrons. The number of carbonyl (C=O) groups is 1. The molecule has 4 heterocycles. The highest BCUT2D eigenvalue weighted by Crippen LogP contribution is 2.39. The predicted octanol–water partition coefficient (Wildman–Crippen LogP) is 5.43. The monoisotopic (exact) mass is 596 g/mol. The predicted molar refractivity (Wildman–Crippen MR) is 152 cm³/mol. The Hall–Kier alpha value is -3.84. The van der Waals surface area contributed by atoms with Gasteiger partial charge in [0.1, 0.15) is 23.0 Å². The zero-order valence-corrected chi connectivity index (χ0v) is 24.0. The van der Waals surface area contributed by atoms with Crippen LogP contribution in [0.15, 0.2) is 30.6 Å². The number of aromatic nitrogens is 5. The smallest absolute Gasteiger partial charge is 0.232 e. The number of pyridine rings is 1. The maximum atomic E-state index is 15.6. The fourth-order valence-electron chi connectivity index (χ4n) is 5.19.